The van der Waals surface area contributed by atoms with E-state index in [9.17, 15) is 158 Å². The van der Waals surface area contributed by atoms with Gasteiger partial charge in [-0.3, -0.25) is 7.32 Å². The molecule has 12 rings (SSSR count). The molecule has 67 heteroatoms. The van der Waals surface area contributed by atoms with Crippen molar-refractivity contribution in [1.82, 2.24) is 13.4 Å². The molecular formula is C75H12BF60N3O3. The zero-order valence-corrected chi connectivity index (χ0v) is 65.1. The maximum absolute atomic E-state index is 15.8. The summed E-state index contributed by atoms with van der Waals surface area (Å²) in [5.41, 5.74) is -49.3. The van der Waals surface area contributed by atoms with Crippen LogP contribution in [0.4, 0.5) is 315 Å². The van der Waals surface area contributed by atoms with E-state index in [0.29, 0.717) is 0 Å². The molecule has 0 amide bonds. The molecule has 0 aliphatic heterocycles. The lowest BCUT2D eigenvalue weighted by atomic mass is 9.80. The fourth-order valence-corrected chi connectivity index (χ4v) is 14.7. The molecule has 6 unspecified atom stereocenters. The van der Waals surface area contributed by atoms with Gasteiger partial charge in [-0.05, 0) is 0 Å². The van der Waals surface area contributed by atoms with E-state index in [1.54, 1.807) is 0 Å². The smallest absolute Gasteiger partial charge is 0.226 e. The minimum Gasteiger partial charge on any atom is -0.907 e. The molecule has 9 aromatic carbocycles. The molecule has 142 heavy (non-hydrogen) atoms. The number of allylic oxidation sites excluding steroid dienone is 6. The summed E-state index contributed by atoms with van der Waals surface area (Å²) in [7, 11) is -2.92. The second-order valence-corrected chi connectivity index (χ2v) is 28.0. The summed E-state index contributed by atoms with van der Waals surface area (Å²) in [6, 6.07) is 0. The van der Waals surface area contributed by atoms with Crippen LogP contribution in [0.2, 0.25) is 0 Å². The highest BCUT2D eigenvalue weighted by Crippen LogP contribution is 2.69. The summed E-state index contributed by atoms with van der Waals surface area (Å²) < 4.78 is 878. The van der Waals surface area contributed by atoms with Crippen molar-refractivity contribution in [2.45, 2.75) is 55.9 Å². The second kappa shape index (κ2) is 38.1. The van der Waals surface area contributed by atoms with E-state index in [4.69, 9.17) is 15.1 Å². The minimum atomic E-state index is -5.45. The molecule has 0 heterocycles. The first-order valence-electron chi connectivity index (χ1n) is 34.5. The molecule has 0 fully saturated rings. The Balaban J connectivity index is 0.000000233. The molecule has 768 valence electrons. The van der Waals surface area contributed by atoms with Gasteiger partial charge in [-0.2, -0.15) is 92.5 Å². The zero-order valence-electron chi connectivity index (χ0n) is 65.1. The van der Waals surface area contributed by atoms with E-state index >= 15 is 105 Å². The van der Waals surface area contributed by atoms with Crippen molar-refractivity contribution < 1.29 is 278 Å². The molecule has 0 bridgehead atoms. The Hall–Kier alpha value is -13.0. The Kier molecular flexibility index (Phi) is 30.2. The van der Waals surface area contributed by atoms with Gasteiger partial charge in [-0.1, -0.05) is 0 Å². The van der Waals surface area contributed by atoms with Gasteiger partial charge in [-0.15, -0.1) is 0 Å². The SMILES string of the molecule is CC1([N+](c2c(F)c(F)c(F)c(F)c2F)(c2c(F)c(F)c(F)c(F)c2F)c2c(F)c(F)c(F)c(F)c2F)C(F)=C(F)C(F)=C(F)C1F.CC1([N+](c2c(F)c(F)c(F)c(F)c2F)(c2c(F)c(F)c(F)c(F)c2F)c2c(F)c(F)c(F)c(F)c2F)C(F)=C(F)C(F)=C(F)C1F.CC1([N+](c2c(F)c(F)c(F)c(F)c2F)(c2c(F)c(F)c(F)c(F)c2F)c2c(F)c(F)c(F)c(F)c2F)C(F)=C(F)C(F)=C(F)C1F.[O-]B([O-])[O-]. The Morgan fingerprint density at radius 2 is 0.218 bits per heavy atom. The Morgan fingerprint density at radius 1 is 0.148 bits per heavy atom. The third kappa shape index (κ3) is 14.9. The third-order valence-electron chi connectivity index (χ3n) is 21.1. The summed E-state index contributed by atoms with van der Waals surface area (Å²) in [5.74, 6) is -203. The molecule has 0 aromatic heterocycles. The average molecular weight is 2150 g/mol. The van der Waals surface area contributed by atoms with E-state index in [1.165, 1.54) is 0 Å². The summed E-state index contributed by atoms with van der Waals surface area (Å²) in [4.78, 5) is 0. The van der Waals surface area contributed by atoms with E-state index in [1.807, 2.05) is 0 Å². The van der Waals surface area contributed by atoms with Gasteiger partial charge in [0.25, 0.3) is 0 Å². The molecule has 6 atom stereocenters. The zero-order chi connectivity index (χ0) is 109. The van der Waals surface area contributed by atoms with Gasteiger partial charge in [0.1, 0.15) is 0 Å². The molecule has 6 nitrogen and oxygen atoms in total. The number of halogens is 60. The van der Waals surface area contributed by atoms with E-state index in [0.717, 1.165) is 0 Å². The summed E-state index contributed by atoms with van der Waals surface area (Å²) in [5, 5.41) is 25.2. The first-order chi connectivity index (χ1) is 65.0. The van der Waals surface area contributed by atoms with Crippen LogP contribution >= 0.6 is 0 Å². The van der Waals surface area contributed by atoms with Crippen molar-refractivity contribution in [2.75, 3.05) is 0 Å². The predicted molar refractivity (Wildman–Crippen MR) is 341 cm³/mol. The van der Waals surface area contributed by atoms with Crippen LogP contribution in [0.1, 0.15) is 20.8 Å². The fraction of sp³-hybridized carbons (Fsp3) is 0.120. The number of rotatable bonds is 12. The molecule has 0 radical (unpaired) electrons. The van der Waals surface area contributed by atoms with Crippen molar-refractivity contribution in [3.05, 3.63) is 332 Å². The number of hydrogen-bond acceptors (Lipinski definition) is 3. The van der Waals surface area contributed by atoms with Crippen molar-refractivity contribution in [1.29, 1.82) is 0 Å². The van der Waals surface area contributed by atoms with Crippen molar-refractivity contribution in [2.24, 2.45) is 0 Å². The molecule has 3 aliphatic rings. The molecular weight excluding hydrogens is 2140 g/mol. The van der Waals surface area contributed by atoms with Crippen molar-refractivity contribution in [3.8, 4) is 0 Å². The summed E-state index contributed by atoms with van der Waals surface area (Å²) in [6.07, 6.45) is -14.6. The minimum absolute atomic E-state index is 0.785. The van der Waals surface area contributed by atoms with Gasteiger partial charge in [-0.25, -0.2) is 184 Å². The molecule has 0 spiro atoms. The highest BCUT2D eigenvalue weighted by Gasteiger charge is 2.77. The van der Waals surface area contributed by atoms with Crippen LogP contribution in [0.5, 0.6) is 0 Å². The quantitative estimate of drug-likeness (QED) is 0.0402. The van der Waals surface area contributed by atoms with E-state index in [2.05, 4.69) is 0 Å². The Morgan fingerprint density at radius 3 is 0.296 bits per heavy atom. The van der Waals surface area contributed by atoms with Gasteiger partial charge < -0.3 is 15.1 Å². The van der Waals surface area contributed by atoms with Gasteiger partial charge in [0.2, 0.25) is 366 Å². The molecule has 9 aromatic rings. The maximum Gasteiger partial charge on any atom is 0.226 e. The van der Waals surface area contributed by atoms with Gasteiger partial charge in [0.15, 0.2) is 52.4 Å². The second-order valence-electron chi connectivity index (χ2n) is 28.0. The standard InChI is InChI=1S/3C25H4F20N.BO3/c3*1-25(23(44)18(42)11(35)19(43)24(25)45)46(20-12(36)5(29)2(26)6(30)13(20)37,21-14(38)7(31)3(27)8(32)15(21)39)22-16(40)9(33)4(28)10(34)17(22)41;2-1(3)4/h3*23H,1H3;/q3*+1;-3. The van der Waals surface area contributed by atoms with E-state index < -0.39 is 460 Å². The number of nitrogens with zero attached hydrogens (tertiary/aromatic N) is 3. The predicted octanol–water partition coefficient (Wildman–Crippen LogP) is 26.5. The lowest BCUT2D eigenvalue weighted by Crippen LogP contribution is -2.66. The van der Waals surface area contributed by atoms with Crippen LogP contribution in [0, 0.1) is 262 Å². The van der Waals surface area contributed by atoms with Crippen LogP contribution in [-0.2, 0) is 0 Å². The van der Waals surface area contributed by atoms with Crippen LogP contribution in [0.25, 0.3) is 0 Å². The fourth-order valence-electron chi connectivity index (χ4n) is 14.7. The van der Waals surface area contributed by atoms with E-state index in [-0.39, 0.29) is 0 Å². The third-order valence-corrected chi connectivity index (χ3v) is 21.1. The number of quaternary nitrogens is 3. The lowest BCUT2D eigenvalue weighted by Gasteiger charge is -2.50. The molecule has 3 aliphatic carbocycles. The molecule has 0 saturated heterocycles. The normalized spacial score (nSPS) is 18.8. The van der Waals surface area contributed by atoms with Crippen LogP contribution < -0.4 is 28.5 Å². The van der Waals surface area contributed by atoms with Gasteiger partial charge in [0, 0.05) is 20.8 Å². The summed E-state index contributed by atoms with van der Waals surface area (Å²) in [6.45, 7) is -2.35. The number of alkyl halides is 3. The maximum atomic E-state index is 15.8. The Bertz CT molecular complexity index is 5770. The monoisotopic (exact) mass is 2150 g/mol. The highest BCUT2D eigenvalue weighted by molar-refractivity contribution is 6.24. The van der Waals surface area contributed by atoms with Gasteiger partial charge in [0.05, 0.1) is 0 Å². The topological polar surface area (TPSA) is 69.2 Å². The molecule has 0 N–H and O–H groups in total. The molecule has 0 saturated carbocycles. The van der Waals surface area contributed by atoms with Crippen LogP contribution in [0.3, 0.4) is 0 Å². The summed E-state index contributed by atoms with van der Waals surface area (Å²) >= 11 is 0. The van der Waals surface area contributed by atoms with Crippen LogP contribution in [-0.4, -0.2) is 42.5 Å². The first kappa shape index (κ1) is 113. The average Bonchev–Trinajstić information content (AvgIpc) is 0.672. The van der Waals surface area contributed by atoms with Crippen LogP contribution in [0.15, 0.2) is 69.9 Å². The first-order valence-corrected chi connectivity index (χ1v) is 34.5. The van der Waals surface area contributed by atoms with Crippen molar-refractivity contribution >= 4 is 58.5 Å². The highest BCUT2D eigenvalue weighted by atomic mass is 19.3. The number of benzene rings is 9. The lowest BCUT2D eigenvalue weighted by molar-refractivity contribution is -0.479. The van der Waals surface area contributed by atoms with Gasteiger partial charge >= 0.3 is 0 Å². The largest absolute Gasteiger partial charge is 0.907 e. The number of hydrogen-bond donors (Lipinski definition) is 0. The Labute approximate surface area is 737 Å². The van der Waals surface area contributed by atoms with Crippen molar-refractivity contribution in [3.63, 3.8) is 0 Å².